The normalized spacial score (nSPS) is 10.2. The molecule has 1 aromatic heterocycles. The molecule has 0 radical (unpaired) electrons. The summed E-state index contributed by atoms with van der Waals surface area (Å²) in [6, 6.07) is 2.05. The summed E-state index contributed by atoms with van der Waals surface area (Å²) in [5.41, 5.74) is 0.517. The molecule has 1 rings (SSSR count). The highest BCUT2D eigenvalue weighted by molar-refractivity contribution is 7.80. The second-order valence-electron chi connectivity index (χ2n) is 2.45. The van der Waals surface area contributed by atoms with Gasteiger partial charge in [-0.25, -0.2) is 4.99 Å². The Hall–Kier alpha value is -0.770. The number of aliphatic imine (C=N–C) groups is 1. The molecule has 0 aliphatic rings. The van der Waals surface area contributed by atoms with Crippen molar-refractivity contribution in [3.8, 4) is 6.07 Å². The van der Waals surface area contributed by atoms with Gasteiger partial charge >= 0.3 is 0 Å². The lowest BCUT2D eigenvalue weighted by atomic mass is 10.4. The maximum Gasteiger partial charge on any atom is 0.147 e. The van der Waals surface area contributed by atoms with Crippen LogP contribution < -0.4 is 0 Å². The molecular formula is C7H7N3S3. The average molecular weight is 229 g/mol. The summed E-state index contributed by atoms with van der Waals surface area (Å²) in [6.45, 7) is 0. The van der Waals surface area contributed by atoms with Crippen LogP contribution in [0.3, 0.4) is 0 Å². The fraction of sp³-hybridized carbons (Fsp3) is 0.286. The minimum absolute atomic E-state index is 0.517. The van der Waals surface area contributed by atoms with Crippen molar-refractivity contribution >= 4 is 44.2 Å². The van der Waals surface area contributed by atoms with E-state index in [-0.39, 0.29) is 0 Å². The topological polar surface area (TPSA) is 39.4 Å². The first-order valence-corrected chi connectivity index (χ1v) is 5.95. The van der Waals surface area contributed by atoms with Crippen molar-refractivity contribution in [1.29, 1.82) is 5.26 Å². The SMILES string of the molecule is CN(C)/C=N/c1ssc(=S)c1C#N. The molecule has 1 aromatic rings. The van der Waals surface area contributed by atoms with Gasteiger partial charge in [0.25, 0.3) is 0 Å². The second kappa shape index (κ2) is 4.46. The van der Waals surface area contributed by atoms with Crippen LogP contribution in [-0.4, -0.2) is 25.3 Å². The van der Waals surface area contributed by atoms with Gasteiger partial charge in [0.05, 0.1) is 6.34 Å². The van der Waals surface area contributed by atoms with Crippen LogP contribution in [-0.2, 0) is 0 Å². The molecule has 3 nitrogen and oxygen atoms in total. The fourth-order valence-electron chi connectivity index (χ4n) is 0.595. The molecule has 0 aromatic carbocycles. The van der Waals surface area contributed by atoms with Crippen LogP contribution in [0.25, 0.3) is 0 Å². The molecule has 0 aliphatic carbocycles. The highest BCUT2D eigenvalue weighted by Crippen LogP contribution is 2.31. The largest absolute Gasteiger partial charge is 0.369 e. The van der Waals surface area contributed by atoms with Crippen molar-refractivity contribution in [1.82, 2.24) is 4.90 Å². The van der Waals surface area contributed by atoms with Gasteiger partial charge in [0, 0.05) is 14.1 Å². The molecule has 0 bridgehead atoms. The third-order valence-electron chi connectivity index (χ3n) is 1.13. The molecule has 13 heavy (non-hydrogen) atoms. The van der Waals surface area contributed by atoms with E-state index in [9.17, 15) is 0 Å². The van der Waals surface area contributed by atoms with Gasteiger partial charge in [0.1, 0.15) is 20.5 Å². The number of nitriles is 1. The lowest BCUT2D eigenvalue weighted by Gasteiger charge is -2.00. The van der Waals surface area contributed by atoms with Crippen LogP contribution in [0.4, 0.5) is 5.00 Å². The highest BCUT2D eigenvalue weighted by atomic mass is 32.9. The molecule has 0 spiro atoms. The quantitative estimate of drug-likeness (QED) is 0.339. The van der Waals surface area contributed by atoms with Crippen molar-refractivity contribution in [3.05, 3.63) is 9.39 Å². The molecule has 0 aliphatic heterocycles. The van der Waals surface area contributed by atoms with E-state index in [4.69, 9.17) is 17.5 Å². The van der Waals surface area contributed by atoms with Crippen LogP contribution in [0.1, 0.15) is 5.56 Å². The smallest absolute Gasteiger partial charge is 0.147 e. The highest BCUT2D eigenvalue weighted by Gasteiger charge is 2.05. The molecule has 1 heterocycles. The molecule has 0 unspecified atom stereocenters. The van der Waals surface area contributed by atoms with Gasteiger partial charge in [0.15, 0.2) is 0 Å². The van der Waals surface area contributed by atoms with E-state index in [1.165, 1.54) is 20.7 Å². The number of hydrogen-bond acceptors (Lipinski definition) is 5. The van der Waals surface area contributed by atoms with Gasteiger partial charge < -0.3 is 4.90 Å². The summed E-state index contributed by atoms with van der Waals surface area (Å²) < 4.78 is 0.624. The van der Waals surface area contributed by atoms with Crippen LogP contribution in [0.15, 0.2) is 4.99 Å². The Morgan fingerprint density at radius 1 is 1.54 bits per heavy atom. The van der Waals surface area contributed by atoms with E-state index >= 15 is 0 Å². The summed E-state index contributed by atoms with van der Waals surface area (Å²) in [5.74, 6) is 0. The minimum atomic E-state index is 0.517. The Morgan fingerprint density at radius 2 is 2.23 bits per heavy atom. The Labute approximate surface area is 89.0 Å². The summed E-state index contributed by atoms with van der Waals surface area (Å²) >= 11 is 4.97. The van der Waals surface area contributed by atoms with Gasteiger partial charge in [-0.1, -0.05) is 32.9 Å². The molecule has 0 saturated heterocycles. The molecule has 0 amide bonds. The van der Waals surface area contributed by atoms with Crippen molar-refractivity contribution < 1.29 is 0 Å². The predicted octanol–water partition coefficient (Wildman–Crippen LogP) is 2.63. The summed E-state index contributed by atoms with van der Waals surface area (Å²) in [7, 11) is 6.59. The zero-order valence-electron chi connectivity index (χ0n) is 7.14. The van der Waals surface area contributed by atoms with Crippen molar-refractivity contribution in [2.75, 3.05) is 14.1 Å². The van der Waals surface area contributed by atoms with Crippen molar-refractivity contribution in [2.45, 2.75) is 0 Å². The van der Waals surface area contributed by atoms with Gasteiger partial charge in [-0.2, -0.15) is 5.26 Å². The number of rotatable bonds is 2. The van der Waals surface area contributed by atoms with Crippen LogP contribution >= 0.6 is 32.9 Å². The van der Waals surface area contributed by atoms with E-state index in [2.05, 4.69) is 11.1 Å². The Balaban J connectivity index is 3.04. The minimum Gasteiger partial charge on any atom is -0.369 e. The third kappa shape index (κ3) is 2.59. The monoisotopic (exact) mass is 229 g/mol. The van der Waals surface area contributed by atoms with E-state index in [0.717, 1.165) is 0 Å². The average Bonchev–Trinajstić information content (AvgIpc) is 2.42. The van der Waals surface area contributed by atoms with Crippen molar-refractivity contribution in [3.63, 3.8) is 0 Å². The molecule has 68 valence electrons. The number of nitrogens with zero attached hydrogens (tertiary/aromatic N) is 3. The molecular weight excluding hydrogens is 222 g/mol. The first-order valence-electron chi connectivity index (χ1n) is 3.39. The summed E-state index contributed by atoms with van der Waals surface area (Å²) in [6.07, 6.45) is 1.66. The molecule has 6 heteroatoms. The van der Waals surface area contributed by atoms with Gasteiger partial charge in [-0.3, -0.25) is 0 Å². The summed E-state index contributed by atoms with van der Waals surface area (Å²) in [5, 5.41) is 9.46. The zero-order valence-corrected chi connectivity index (χ0v) is 9.59. The zero-order chi connectivity index (χ0) is 9.84. The maximum absolute atomic E-state index is 8.76. The predicted molar refractivity (Wildman–Crippen MR) is 59.6 cm³/mol. The van der Waals surface area contributed by atoms with Gasteiger partial charge in [-0.05, 0) is 0 Å². The first kappa shape index (κ1) is 10.3. The maximum atomic E-state index is 8.76. The van der Waals surface area contributed by atoms with Gasteiger partial charge in [-0.15, -0.1) is 0 Å². The molecule has 0 fully saturated rings. The molecule has 0 saturated carbocycles. The molecule has 0 N–H and O–H groups in total. The Bertz CT molecular complexity index is 407. The standard InChI is InChI=1S/C7H7N3S3/c1-10(2)4-9-6-5(3-8)7(11)13-12-6/h4H,1-2H3/b9-4+. The van der Waals surface area contributed by atoms with Crippen LogP contribution in [0.5, 0.6) is 0 Å². The Morgan fingerprint density at radius 3 is 2.77 bits per heavy atom. The lowest BCUT2D eigenvalue weighted by molar-refractivity contribution is 0.643. The molecule has 0 atom stereocenters. The lowest BCUT2D eigenvalue weighted by Crippen LogP contribution is -2.06. The summed E-state index contributed by atoms with van der Waals surface area (Å²) in [4.78, 5) is 5.95. The fourth-order valence-corrected chi connectivity index (χ4v) is 2.97. The third-order valence-corrected chi connectivity index (χ3v) is 4.03. The van der Waals surface area contributed by atoms with E-state index in [1.54, 1.807) is 6.34 Å². The van der Waals surface area contributed by atoms with E-state index in [0.29, 0.717) is 14.4 Å². The Kier molecular flexibility index (Phi) is 3.54. The van der Waals surface area contributed by atoms with Crippen LogP contribution in [0, 0.1) is 15.2 Å². The first-order chi connectivity index (χ1) is 6.15. The van der Waals surface area contributed by atoms with E-state index < -0.39 is 0 Å². The number of hydrogen-bond donors (Lipinski definition) is 0. The van der Waals surface area contributed by atoms with Crippen molar-refractivity contribution in [2.24, 2.45) is 4.99 Å². The van der Waals surface area contributed by atoms with Crippen LogP contribution in [0.2, 0.25) is 0 Å². The van der Waals surface area contributed by atoms with Gasteiger partial charge in [0.2, 0.25) is 0 Å². The second-order valence-corrected chi connectivity index (χ2v) is 5.25. The van der Waals surface area contributed by atoms with E-state index in [1.807, 2.05) is 19.0 Å².